The van der Waals surface area contributed by atoms with Crippen LogP contribution in [0.1, 0.15) is 5.76 Å². The molecule has 4 nitrogen and oxygen atoms in total. The van der Waals surface area contributed by atoms with Crippen LogP contribution in [0.4, 0.5) is 4.79 Å². The van der Waals surface area contributed by atoms with Gasteiger partial charge in [-0.1, -0.05) is 18.2 Å². The summed E-state index contributed by atoms with van der Waals surface area (Å²) in [6.45, 7) is 0. The summed E-state index contributed by atoms with van der Waals surface area (Å²) in [5.74, 6) is 0.194. The smallest absolute Gasteiger partial charge is 0.290 e. The van der Waals surface area contributed by atoms with Gasteiger partial charge < -0.3 is 4.42 Å². The first kappa shape index (κ1) is 10.2. The van der Waals surface area contributed by atoms with Crippen molar-refractivity contribution in [1.29, 1.82) is 0 Å². The first-order valence-corrected chi connectivity index (χ1v) is 5.77. The van der Waals surface area contributed by atoms with Gasteiger partial charge in [0.15, 0.2) is 0 Å². The number of benzene rings is 1. The lowest BCUT2D eigenvalue weighted by Crippen LogP contribution is -2.17. The van der Waals surface area contributed by atoms with Crippen molar-refractivity contribution in [1.82, 2.24) is 5.32 Å². The maximum atomic E-state index is 11.3. The van der Waals surface area contributed by atoms with E-state index < -0.39 is 0 Å². The van der Waals surface area contributed by atoms with Crippen molar-refractivity contribution in [3.05, 3.63) is 41.0 Å². The van der Waals surface area contributed by atoms with Crippen LogP contribution >= 0.6 is 11.8 Å². The number of para-hydroxylation sites is 1. The van der Waals surface area contributed by atoms with Crippen LogP contribution in [0.3, 0.4) is 0 Å². The second kappa shape index (κ2) is 3.78. The van der Waals surface area contributed by atoms with Crippen molar-refractivity contribution in [2.45, 2.75) is 0 Å². The number of hydrogen-bond acceptors (Lipinski definition) is 4. The Morgan fingerprint density at radius 2 is 2.06 bits per heavy atom. The molecule has 1 aromatic carbocycles. The maximum Gasteiger partial charge on any atom is 0.290 e. The molecule has 1 aliphatic rings. The number of nitrogens with one attached hydrogen (secondary N) is 1. The number of furan rings is 1. The number of fused-ring (bicyclic) bond motifs is 1. The maximum absolute atomic E-state index is 11.3. The van der Waals surface area contributed by atoms with Gasteiger partial charge in [-0.05, 0) is 23.9 Å². The molecule has 84 valence electrons. The van der Waals surface area contributed by atoms with E-state index in [9.17, 15) is 9.59 Å². The molecule has 1 aliphatic heterocycles. The molecule has 2 amide bonds. The summed E-state index contributed by atoms with van der Waals surface area (Å²) < 4.78 is 5.53. The van der Waals surface area contributed by atoms with Crippen molar-refractivity contribution >= 4 is 40.0 Å². The lowest BCUT2D eigenvalue weighted by molar-refractivity contribution is -0.115. The summed E-state index contributed by atoms with van der Waals surface area (Å²) in [5.41, 5.74) is 0.758. The minimum absolute atomic E-state index is 0.350. The fourth-order valence-electron chi connectivity index (χ4n) is 1.62. The van der Waals surface area contributed by atoms with E-state index in [-0.39, 0.29) is 11.1 Å². The SMILES string of the molecule is O=C1NC(=O)C(=Cc2cc3ccccc3o2)S1. The molecule has 0 bridgehead atoms. The minimum atomic E-state index is -0.375. The van der Waals surface area contributed by atoms with Crippen molar-refractivity contribution in [3.63, 3.8) is 0 Å². The van der Waals surface area contributed by atoms with Crippen LogP contribution in [0, 0.1) is 0 Å². The van der Waals surface area contributed by atoms with Gasteiger partial charge in [-0.25, -0.2) is 0 Å². The van der Waals surface area contributed by atoms with E-state index in [4.69, 9.17) is 4.42 Å². The first-order chi connectivity index (χ1) is 8.22. The summed E-state index contributed by atoms with van der Waals surface area (Å²) in [7, 11) is 0. The molecule has 3 rings (SSSR count). The molecule has 0 unspecified atom stereocenters. The number of thioether (sulfide) groups is 1. The van der Waals surface area contributed by atoms with E-state index >= 15 is 0 Å². The number of amides is 2. The first-order valence-electron chi connectivity index (χ1n) is 4.96. The summed E-state index contributed by atoms with van der Waals surface area (Å²) in [4.78, 5) is 22.7. The molecule has 5 heteroatoms. The third-order valence-electron chi connectivity index (χ3n) is 2.36. The van der Waals surface area contributed by atoms with Gasteiger partial charge in [-0.3, -0.25) is 14.9 Å². The Morgan fingerprint density at radius 3 is 2.76 bits per heavy atom. The second-order valence-electron chi connectivity index (χ2n) is 3.54. The lowest BCUT2D eigenvalue weighted by atomic mass is 10.2. The monoisotopic (exact) mass is 245 g/mol. The van der Waals surface area contributed by atoms with E-state index in [1.54, 1.807) is 6.08 Å². The molecule has 1 saturated heterocycles. The predicted molar refractivity (Wildman–Crippen MR) is 65.3 cm³/mol. The molecule has 1 aromatic heterocycles. The molecule has 2 heterocycles. The van der Waals surface area contributed by atoms with Gasteiger partial charge in [0.05, 0.1) is 4.91 Å². The number of carbonyl (C=O) groups is 2. The summed E-state index contributed by atoms with van der Waals surface area (Å²) >= 11 is 0.880. The number of imide groups is 1. The standard InChI is InChI=1S/C12H7NO3S/c14-11-10(17-12(15)13-11)6-8-5-7-3-1-2-4-9(7)16-8/h1-6H,(H,13,14,15). The second-order valence-corrected chi connectivity index (χ2v) is 4.55. The Bertz CT molecular complexity index is 624. The van der Waals surface area contributed by atoms with Crippen molar-refractivity contribution in [3.8, 4) is 0 Å². The van der Waals surface area contributed by atoms with E-state index in [0.717, 1.165) is 22.7 Å². The average Bonchev–Trinajstić information content (AvgIpc) is 2.82. The molecule has 17 heavy (non-hydrogen) atoms. The Hall–Kier alpha value is -2.01. The molecular formula is C12H7NO3S. The van der Waals surface area contributed by atoms with Gasteiger partial charge >= 0.3 is 0 Å². The van der Waals surface area contributed by atoms with Crippen LogP contribution in [-0.4, -0.2) is 11.1 Å². The highest BCUT2D eigenvalue weighted by Crippen LogP contribution is 2.27. The molecule has 0 saturated carbocycles. The summed E-state index contributed by atoms with van der Waals surface area (Å²) in [6.07, 6.45) is 1.57. The quantitative estimate of drug-likeness (QED) is 0.785. The normalized spacial score (nSPS) is 18.0. The number of carbonyl (C=O) groups excluding carboxylic acids is 2. The molecule has 0 aliphatic carbocycles. The van der Waals surface area contributed by atoms with Gasteiger partial charge in [0.25, 0.3) is 11.1 Å². The van der Waals surface area contributed by atoms with Crippen molar-refractivity contribution in [2.75, 3.05) is 0 Å². The van der Waals surface area contributed by atoms with Crippen LogP contribution in [0.5, 0.6) is 0 Å². The molecule has 2 aromatic rings. The fourth-order valence-corrected chi connectivity index (χ4v) is 2.29. The average molecular weight is 245 g/mol. The van der Waals surface area contributed by atoms with Crippen LogP contribution in [-0.2, 0) is 4.79 Å². The van der Waals surface area contributed by atoms with Gasteiger partial charge in [-0.2, -0.15) is 0 Å². The Labute approximate surface area is 101 Å². The highest BCUT2D eigenvalue weighted by molar-refractivity contribution is 8.18. The predicted octanol–water partition coefficient (Wildman–Crippen LogP) is 2.76. The fraction of sp³-hybridized carbons (Fsp3) is 0. The molecule has 0 radical (unpaired) electrons. The van der Waals surface area contributed by atoms with Gasteiger partial charge in [0.2, 0.25) is 0 Å². The van der Waals surface area contributed by atoms with E-state index in [2.05, 4.69) is 5.32 Å². The Kier molecular flexibility index (Phi) is 2.26. The summed E-state index contributed by atoms with van der Waals surface area (Å²) in [5, 5.41) is 2.81. The lowest BCUT2D eigenvalue weighted by Gasteiger charge is -1.88. The minimum Gasteiger partial charge on any atom is -0.457 e. The van der Waals surface area contributed by atoms with Gasteiger partial charge in [-0.15, -0.1) is 0 Å². The molecule has 0 spiro atoms. The highest BCUT2D eigenvalue weighted by Gasteiger charge is 2.25. The van der Waals surface area contributed by atoms with Crippen molar-refractivity contribution < 1.29 is 14.0 Å². The number of rotatable bonds is 1. The molecular weight excluding hydrogens is 238 g/mol. The van der Waals surface area contributed by atoms with Gasteiger partial charge in [0, 0.05) is 11.5 Å². The third kappa shape index (κ3) is 1.85. The van der Waals surface area contributed by atoms with Crippen LogP contribution < -0.4 is 5.32 Å². The number of hydrogen-bond donors (Lipinski definition) is 1. The van der Waals surface area contributed by atoms with E-state index in [1.165, 1.54) is 0 Å². The van der Waals surface area contributed by atoms with E-state index in [0.29, 0.717) is 10.7 Å². The van der Waals surface area contributed by atoms with Crippen LogP contribution in [0.25, 0.3) is 17.0 Å². The van der Waals surface area contributed by atoms with Crippen molar-refractivity contribution in [2.24, 2.45) is 0 Å². The van der Waals surface area contributed by atoms with Gasteiger partial charge in [0.1, 0.15) is 11.3 Å². The Balaban J connectivity index is 2.02. The zero-order chi connectivity index (χ0) is 11.8. The Morgan fingerprint density at radius 1 is 1.24 bits per heavy atom. The highest BCUT2D eigenvalue weighted by atomic mass is 32.2. The summed E-state index contributed by atoms with van der Waals surface area (Å²) in [6, 6.07) is 9.40. The topological polar surface area (TPSA) is 59.3 Å². The zero-order valence-corrected chi connectivity index (χ0v) is 9.41. The largest absolute Gasteiger partial charge is 0.457 e. The molecule has 1 fully saturated rings. The van der Waals surface area contributed by atoms with Crippen LogP contribution in [0.2, 0.25) is 0 Å². The molecule has 0 atom stereocenters. The zero-order valence-electron chi connectivity index (χ0n) is 8.60. The molecule has 1 N–H and O–H groups in total. The van der Waals surface area contributed by atoms with Crippen LogP contribution in [0.15, 0.2) is 39.7 Å². The third-order valence-corrected chi connectivity index (χ3v) is 3.17. The van der Waals surface area contributed by atoms with E-state index in [1.807, 2.05) is 30.3 Å².